The number of halogens is 2. The highest BCUT2D eigenvalue weighted by atomic mass is 19.3. The summed E-state index contributed by atoms with van der Waals surface area (Å²) in [5.41, 5.74) is 0.607. The Morgan fingerprint density at radius 1 is 1.79 bits per heavy atom. The Labute approximate surface area is 80.3 Å². The van der Waals surface area contributed by atoms with Gasteiger partial charge >= 0.3 is 0 Å². The number of rotatable bonds is 3. The maximum atomic E-state index is 12.5. The smallest absolute Gasteiger partial charge is 0.251 e. The van der Waals surface area contributed by atoms with E-state index in [-0.39, 0.29) is 12.8 Å². The van der Waals surface area contributed by atoms with Crippen LogP contribution in [0, 0.1) is 5.92 Å². The van der Waals surface area contributed by atoms with Crippen LogP contribution in [0.25, 0.3) is 0 Å². The van der Waals surface area contributed by atoms with E-state index >= 15 is 0 Å². The maximum absolute atomic E-state index is 12.5. The van der Waals surface area contributed by atoms with E-state index in [0.717, 1.165) is 0 Å². The van der Waals surface area contributed by atoms with Crippen molar-refractivity contribution in [2.45, 2.75) is 24.9 Å². The molecule has 2 rings (SSSR count). The van der Waals surface area contributed by atoms with Crippen molar-refractivity contribution < 1.29 is 13.9 Å². The van der Waals surface area contributed by atoms with E-state index < -0.39 is 17.9 Å². The summed E-state index contributed by atoms with van der Waals surface area (Å²) in [6, 6.07) is 0. The third-order valence-electron chi connectivity index (χ3n) is 2.57. The summed E-state index contributed by atoms with van der Waals surface area (Å²) in [6.45, 7) is 0. The lowest BCUT2D eigenvalue weighted by Crippen LogP contribution is -2.02. The van der Waals surface area contributed by atoms with Crippen LogP contribution in [0.15, 0.2) is 12.4 Å². The van der Waals surface area contributed by atoms with E-state index in [4.69, 9.17) is 0 Å². The molecular weight excluding hydrogens is 190 g/mol. The van der Waals surface area contributed by atoms with E-state index in [1.165, 1.54) is 6.20 Å². The van der Waals surface area contributed by atoms with Crippen LogP contribution < -0.4 is 0 Å². The van der Waals surface area contributed by atoms with E-state index in [2.05, 4.69) is 5.10 Å². The Bertz CT molecular complexity index is 337. The third kappa shape index (κ3) is 1.77. The monoisotopic (exact) mass is 202 g/mol. The van der Waals surface area contributed by atoms with Crippen molar-refractivity contribution in [2.75, 3.05) is 0 Å². The molecule has 3 nitrogen and oxygen atoms in total. The summed E-state index contributed by atoms with van der Waals surface area (Å²) in [4.78, 5) is 0. The molecule has 78 valence electrons. The lowest BCUT2D eigenvalue weighted by Gasteiger charge is -2.06. The van der Waals surface area contributed by atoms with Gasteiger partial charge in [-0.3, -0.25) is 4.68 Å². The Hall–Kier alpha value is -0.970. The molecule has 0 spiro atoms. The predicted molar refractivity (Wildman–Crippen MR) is 45.8 cm³/mol. The number of alkyl halides is 2. The summed E-state index contributed by atoms with van der Waals surface area (Å²) in [7, 11) is 1.72. The van der Waals surface area contributed by atoms with Gasteiger partial charge in [0, 0.05) is 31.1 Å². The second-order valence-electron chi connectivity index (χ2n) is 3.86. The molecule has 1 saturated carbocycles. The first-order valence-electron chi connectivity index (χ1n) is 4.53. The van der Waals surface area contributed by atoms with Gasteiger partial charge in [-0.1, -0.05) is 0 Å². The van der Waals surface area contributed by atoms with Crippen molar-refractivity contribution in [2.24, 2.45) is 13.0 Å². The summed E-state index contributed by atoms with van der Waals surface area (Å²) >= 11 is 0. The molecule has 2 unspecified atom stereocenters. The molecule has 0 aromatic carbocycles. The molecule has 0 bridgehead atoms. The van der Waals surface area contributed by atoms with Crippen LogP contribution in [0.1, 0.15) is 24.5 Å². The lowest BCUT2D eigenvalue weighted by atomic mass is 10.1. The minimum absolute atomic E-state index is 0.0929. The van der Waals surface area contributed by atoms with Crippen LogP contribution in [0.2, 0.25) is 0 Å². The van der Waals surface area contributed by atoms with Crippen molar-refractivity contribution in [1.82, 2.24) is 9.78 Å². The topological polar surface area (TPSA) is 38.0 Å². The van der Waals surface area contributed by atoms with Crippen molar-refractivity contribution >= 4 is 0 Å². The normalized spacial score (nSPS) is 26.1. The first kappa shape index (κ1) is 9.58. The van der Waals surface area contributed by atoms with Crippen LogP contribution in [0.3, 0.4) is 0 Å². The average molecular weight is 202 g/mol. The Balaban J connectivity index is 1.94. The number of aliphatic hydroxyl groups is 1. The SMILES string of the molecule is Cn1cc(C(O)CC2CC2(F)F)cn1. The van der Waals surface area contributed by atoms with Gasteiger partial charge in [0.15, 0.2) is 0 Å². The van der Waals surface area contributed by atoms with E-state index in [1.807, 2.05) is 0 Å². The highest BCUT2D eigenvalue weighted by Crippen LogP contribution is 2.52. The molecule has 14 heavy (non-hydrogen) atoms. The van der Waals surface area contributed by atoms with Gasteiger partial charge in [0.25, 0.3) is 5.92 Å². The molecule has 0 radical (unpaired) electrons. The van der Waals surface area contributed by atoms with Gasteiger partial charge in [-0.2, -0.15) is 5.10 Å². The maximum Gasteiger partial charge on any atom is 0.251 e. The molecule has 1 aliphatic rings. The first-order chi connectivity index (χ1) is 6.49. The molecule has 0 amide bonds. The number of aliphatic hydroxyl groups excluding tert-OH is 1. The minimum Gasteiger partial charge on any atom is -0.388 e. The predicted octanol–water partition coefficient (Wildman–Crippen LogP) is 1.50. The fourth-order valence-electron chi connectivity index (χ4n) is 1.54. The molecule has 5 heteroatoms. The Kier molecular flexibility index (Phi) is 2.06. The second-order valence-corrected chi connectivity index (χ2v) is 3.86. The highest BCUT2D eigenvalue weighted by molar-refractivity contribution is 5.10. The molecular formula is C9H12F2N2O. The number of aromatic nitrogens is 2. The minimum atomic E-state index is -2.55. The third-order valence-corrected chi connectivity index (χ3v) is 2.57. The molecule has 2 atom stereocenters. The molecule has 0 aliphatic heterocycles. The molecule has 1 N–H and O–H groups in total. The van der Waals surface area contributed by atoms with Gasteiger partial charge in [-0.25, -0.2) is 8.78 Å². The molecule has 1 aromatic heterocycles. The molecule has 1 aromatic rings. The largest absolute Gasteiger partial charge is 0.388 e. The summed E-state index contributed by atoms with van der Waals surface area (Å²) in [5.74, 6) is -3.21. The Morgan fingerprint density at radius 3 is 2.86 bits per heavy atom. The van der Waals surface area contributed by atoms with Crippen LogP contribution in [-0.4, -0.2) is 20.8 Å². The van der Waals surface area contributed by atoms with E-state index in [1.54, 1.807) is 17.9 Å². The summed E-state index contributed by atoms with van der Waals surface area (Å²) in [6.07, 6.45) is 2.36. The standard InChI is InChI=1S/C9H12F2N2O/c1-13-5-6(4-12-13)8(14)2-7-3-9(7,10)11/h4-5,7-8,14H,2-3H2,1H3. The second kappa shape index (κ2) is 3.02. The Morgan fingerprint density at radius 2 is 2.43 bits per heavy atom. The van der Waals surface area contributed by atoms with E-state index in [0.29, 0.717) is 5.56 Å². The van der Waals surface area contributed by atoms with Gasteiger partial charge in [0.1, 0.15) is 0 Å². The van der Waals surface area contributed by atoms with Gasteiger partial charge in [0.05, 0.1) is 12.3 Å². The van der Waals surface area contributed by atoms with Gasteiger partial charge < -0.3 is 5.11 Å². The van der Waals surface area contributed by atoms with Crippen LogP contribution in [0.5, 0.6) is 0 Å². The fraction of sp³-hybridized carbons (Fsp3) is 0.667. The summed E-state index contributed by atoms with van der Waals surface area (Å²) in [5, 5.41) is 13.5. The lowest BCUT2D eigenvalue weighted by molar-refractivity contribution is 0.0767. The van der Waals surface area contributed by atoms with Crippen molar-refractivity contribution in [3.63, 3.8) is 0 Å². The molecule has 1 fully saturated rings. The first-order valence-corrected chi connectivity index (χ1v) is 4.53. The van der Waals surface area contributed by atoms with Crippen molar-refractivity contribution in [3.8, 4) is 0 Å². The van der Waals surface area contributed by atoms with Crippen LogP contribution in [-0.2, 0) is 7.05 Å². The van der Waals surface area contributed by atoms with Gasteiger partial charge in [-0.15, -0.1) is 0 Å². The van der Waals surface area contributed by atoms with E-state index in [9.17, 15) is 13.9 Å². The zero-order chi connectivity index (χ0) is 10.3. The molecule has 0 saturated heterocycles. The zero-order valence-electron chi connectivity index (χ0n) is 7.82. The van der Waals surface area contributed by atoms with Crippen LogP contribution >= 0.6 is 0 Å². The zero-order valence-corrected chi connectivity index (χ0v) is 7.82. The summed E-state index contributed by atoms with van der Waals surface area (Å²) < 4.78 is 26.6. The number of nitrogens with zero attached hydrogens (tertiary/aromatic N) is 2. The molecule has 1 aliphatic carbocycles. The molecule has 1 heterocycles. The van der Waals surface area contributed by atoms with Crippen molar-refractivity contribution in [1.29, 1.82) is 0 Å². The fourth-order valence-corrected chi connectivity index (χ4v) is 1.54. The van der Waals surface area contributed by atoms with Crippen molar-refractivity contribution in [3.05, 3.63) is 18.0 Å². The van der Waals surface area contributed by atoms with Gasteiger partial charge in [0.2, 0.25) is 0 Å². The number of aryl methyl sites for hydroxylation is 1. The average Bonchev–Trinajstić information content (AvgIpc) is 2.52. The van der Waals surface area contributed by atoms with Crippen LogP contribution in [0.4, 0.5) is 8.78 Å². The number of hydrogen-bond donors (Lipinski definition) is 1. The highest BCUT2D eigenvalue weighted by Gasteiger charge is 2.56. The quantitative estimate of drug-likeness (QED) is 0.806. The number of hydrogen-bond acceptors (Lipinski definition) is 2. The van der Waals surface area contributed by atoms with Gasteiger partial charge in [-0.05, 0) is 6.42 Å².